The van der Waals surface area contributed by atoms with Crippen LogP contribution in [0.25, 0.3) is 0 Å². The Morgan fingerprint density at radius 3 is 2.67 bits per heavy atom. The van der Waals surface area contributed by atoms with Gasteiger partial charge in [-0.2, -0.15) is 0 Å². The highest BCUT2D eigenvalue weighted by Gasteiger charge is 2.24. The summed E-state index contributed by atoms with van der Waals surface area (Å²) in [7, 11) is 0. The minimum atomic E-state index is 0.527. The quantitative estimate of drug-likeness (QED) is 0.629. The van der Waals surface area contributed by atoms with Crippen LogP contribution in [-0.4, -0.2) is 36.7 Å². The van der Waals surface area contributed by atoms with Gasteiger partial charge in [0.15, 0.2) is 0 Å². The van der Waals surface area contributed by atoms with Crippen molar-refractivity contribution in [3.8, 4) is 0 Å². The third kappa shape index (κ3) is 4.52. The van der Waals surface area contributed by atoms with Crippen molar-refractivity contribution in [1.82, 2.24) is 4.90 Å². The van der Waals surface area contributed by atoms with Crippen LogP contribution in [0.1, 0.15) is 52.9 Å². The second-order valence-electron chi connectivity index (χ2n) is 4.76. The molecule has 1 aliphatic heterocycles. The largest absolute Gasteiger partial charge is 0.378 e. The Kier molecular flexibility index (Phi) is 6.26. The normalized spacial score (nSPS) is 28.2. The Morgan fingerprint density at radius 1 is 1.27 bits per heavy atom. The van der Waals surface area contributed by atoms with Crippen LogP contribution in [0.4, 0.5) is 0 Å². The van der Waals surface area contributed by atoms with Crippen molar-refractivity contribution in [2.45, 2.75) is 65.0 Å². The first kappa shape index (κ1) is 13.0. The zero-order chi connectivity index (χ0) is 11.1. The van der Waals surface area contributed by atoms with E-state index < -0.39 is 0 Å². The van der Waals surface area contributed by atoms with E-state index in [0.717, 1.165) is 6.61 Å². The topological polar surface area (TPSA) is 12.5 Å². The summed E-state index contributed by atoms with van der Waals surface area (Å²) in [4.78, 5) is 2.60. The molecule has 1 unspecified atom stereocenters. The number of ether oxygens (including phenoxy) is 1. The van der Waals surface area contributed by atoms with Gasteiger partial charge in [-0.15, -0.1) is 0 Å². The fourth-order valence-corrected chi connectivity index (χ4v) is 2.34. The monoisotopic (exact) mass is 213 g/mol. The Labute approximate surface area is 95.0 Å². The summed E-state index contributed by atoms with van der Waals surface area (Å²) in [5, 5.41) is 0. The molecule has 0 aromatic carbocycles. The van der Waals surface area contributed by atoms with Crippen LogP contribution < -0.4 is 0 Å². The number of piperidine rings is 1. The van der Waals surface area contributed by atoms with Crippen molar-refractivity contribution in [3.05, 3.63) is 0 Å². The lowest BCUT2D eigenvalue weighted by Crippen LogP contribution is -2.43. The number of unbranched alkanes of at least 4 members (excludes halogenated alkanes) is 1. The highest BCUT2D eigenvalue weighted by Crippen LogP contribution is 2.20. The number of nitrogens with zero attached hydrogens (tertiary/aromatic N) is 1. The van der Waals surface area contributed by atoms with Crippen LogP contribution in [-0.2, 0) is 4.74 Å². The summed E-state index contributed by atoms with van der Waals surface area (Å²) in [5.41, 5.74) is 0. The van der Waals surface area contributed by atoms with Crippen molar-refractivity contribution in [3.63, 3.8) is 0 Å². The number of hydrogen-bond donors (Lipinski definition) is 0. The lowest BCUT2D eigenvalue weighted by atomic mass is 10.0. The summed E-state index contributed by atoms with van der Waals surface area (Å²) in [6.45, 7) is 10.3. The minimum absolute atomic E-state index is 0.527. The molecule has 1 heterocycles. The summed E-state index contributed by atoms with van der Waals surface area (Å²) >= 11 is 0. The van der Waals surface area contributed by atoms with Gasteiger partial charge in [-0.3, -0.25) is 0 Å². The van der Waals surface area contributed by atoms with Gasteiger partial charge in [0, 0.05) is 19.2 Å². The van der Waals surface area contributed by atoms with Gasteiger partial charge in [0.1, 0.15) is 0 Å². The fourth-order valence-electron chi connectivity index (χ4n) is 2.34. The van der Waals surface area contributed by atoms with Crippen molar-refractivity contribution >= 4 is 0 Å². The lowest BCUT2D eigenvalue weighted by Gasteiger charge is -2.37. The molecule has 15 heavy (non-hydrogen) atoms. The van der Waals surface area contributed by atoms with E-state index in [1.807, 2.05) is 0 Å². The number of hydrogen-bond acceptors (Lipinski definition) is 2. The van der Waals surface area contributed by atoms with Crippen LogP contribution in [0.15, 0.2) is 0 Å². The molecule has 0 spiro atoms. The Balaban J connectivity index is 2.18. The molecule has 1 aliphatic rings. The molecule has 0 saturated carbocycles. The maximum absolute atomic E-state index is 5.89. The molecule has 1 saturated heterocycles. The third-order valence-corrected chi connectivity index (χ3v) is 3.33. The van der Waals surface area contributed by atoms with Gasteiger partial charge in [0.05, 0.1) is 6.10 Å². The van der Waals surface area contributed by atoms with Crippen molar-refractivity contribution < 1.29 is 4.74 Å². The maximum atomic E-state index is 5.89. The summed E-state index contributed by atoms with van der Waals surface area (Å²) < 4.78 is 5.89. The molecule has 0 aliphatic carbocycles. The Bertz CT molecular complexity index is 161. The van der Waals surface area contributed by atoms with Crippen molar-refractivity contribution in [1.29, 1.82) is 0 Å². The van der Waals surface area contributed by atoms with Crippen LogP contribution in [0.5, 0.6) is 0 Å². The van der Waals surface area contributed by atoms with Gasteiger partial charge in [0.25, 0.3) is 0 Å². The second kappa shape index (κ2) is 7.24. The number of likely N-dealkylation sites (tertiary alicyclic amines) is 1. The first-order chi connectivity index (χ1) is 7.27. The third-order valence-electron chi connectivity index (χ3n) is 3.33. The molecule has 1 rings (SSSR count). The molecule has 0 amide bonds. The molecule has 0 bridgehead atoms. The Morgan fingerprint density at radius 2 is 2.07 bits per heavy atom. The fraction of sp³-hybridized carbons (Fsp3) is 1.00. The molecule has 90 valence electrons. The molecule has 0 N–H and O–H groups in total. The van der Waals surface area contributed by atoms with Gasteiger partial charge in [-0.1, -0.05) is 20.3 Å². The predicted molar refractivity (Wildman–Crippen MR) is 65.2 cm³/mol. The van der Waals surface area contributed by atoms with E-state index in [1.54, 1.807) is 0 Å². The van der Waals surface area contributed by atoms with Crippen molar-refractivity contribution in [2.75, 3.05) is 19.7 Å². The van der Waals surface area contributed by atoms with Crippen LogP contribution in [0.2, 0.25) is 0 Å². The van der Waals surface area contributed by atoms with Gasteiger partial charge < -0.3 is 9.64 Å². The van der Waals surface area contributed by atoms with E-state index in [-0.39, 0.29) is 0 Å². The standard InChI is InChI=1S/C13H27NO/c1-4-6-10-15-13-7-9-14(8-5-2)12(3)11-13/h12-13H,4-11H2,1-3H3/t12-,13?/m0/s1. The number of rotatable bonds is 6. The van der Waals surface area contributed by atoms with Gasteiger partial charge in [-0.05, 0) is 39.2 Å². The molecular formula is C13H27NO. The molecule has 2 atom stereocenters. The Hall–Kier alpha value is -0.0800. The van der Waals surface area contributed by atoms with Gasteiger partial charge in [-0.25, -0.2) is 0 Å². The molecular weight excluding hydrogens is 186 g/mol. The minimum Gasteiger partial charge on any atom is -0.378 e. The highest BCUT2D eigenvalue weighted by atomic mass is 16.5. The molecule has 2 nitrogen and oxygen atoms in total. The van der Waals surface area contributed by atoms with E-state index >= 15 is 0 Å². The molecule has 1 fully saturated rings. The average Bonchev–Trinajstić information content (AvgIpc) is 2.23. The maximum Gasteiger partial charge on any atom is 0.0602 e. The molecule has 0 aromatic heterocycles. The summed E-state index contributed by atoms with van der Waals surface area (Å²) in [6.07, 6.45) is 6.71. The average molecular weight is 213 g/mol. The van der Waals surface area contributed by atoms with E-state index in [4.69, 9.17) is 4.74 Å². The van der Waals surface area contributed by atoms with E-state index in [2.05, 4.69) is 25.7 Å². The lowest BCUT2D eigenvalue weighted by molar-refractivity contribution is -0.0125. The first-order valence-corrected chi connectivity index (χ1v) is 6.63. The SMILES string of the molecule is CCCCOC1CCN(CCC)[C@@H](C)C1. The molecule has 0 aromatic rings. The van der Waals surface area contributed by atoms with Crippen LogP contribution >= 0.6 is 0 Å². The summed E-state index contributed by atoms with van der Waals surface area (Å²) in [6, 6.07) is 0.713. The highest BCUT2D eigenvalue weighted by molar-refractivity contribution is 4.79. The van der Waals surface area contributed by atoms with Gasteiger partial charge >= 0.3 is 0 Å². The van der Waals surface area contributed by atoms with E-state index in [9.17, 15) is 0 Å². The van der Waals surface area contributed by atoms with Crippen LogP contribution in [0.3, 0.4) is 0 Å². The smallest absolute Gasteiger partial charge is 0.0602 e. The van der Waals surface area contributed by atoms with Gasteiger partial charge in [0.2, 0.25) is 0 Å². The molecule has 0 radical (unpaired) electrons. The first-order valence-electron chi connectivity index (χ1n) is 6.63. The second-order valence-corrected chi connectivity index (χ2v) is 4.76. The predicted octanol–water partition coefficient (Wildman–Crippen LogP) is 3.07. The molecule has 2 heteroatoms. The van der Waals surface area contributed by atoms with E-state index in [0.29, 0.717) is 12.1 Å². The summed E-state index contributed by atoms with van der Waals surface area (Å²) in [5.74, 6) is 0. The zero-order valence-electron chi connectivity index (χ0n) is 10.7. The van der Waals surface area contributed by atoms with Crippen LogP contribution in [0, 0.1) is 0 Å². The zero-order valence-corrected chi connectivity index (χ0v) is 10.7. The van der Waals surface area contributed by atoms with E-state index in [1.165, 1.54) is 45.2 Å². The van der Waals surface area contributed by atoms with Crippen molar-refractivity contribution in [2.24, 2.45) is 0 Å².